The van der Waals surface area contributed by atoms with Crippen LogP contribution in [-0.4, -0.2) is 11.7 Å². The first-order chi connectivity index (χ1) is 17.4. The summed E-state index contributed by atoms with van der Waals surface area (Å²) in [6.45, 7) is 4.23. The van der Waals surface area contributed by atoms with Gasteiger partial charge < -0.3 is 5.32 Å². The van der Waals surface area contributed by atoms with Crippen LogP contribution < -0.4 is 10.6 Å². The molecule has 0 fully saturated rings. The minimum Gasteiger partial charge on any atom is -0.300 e. The minimum atomic E-state index is -2.94. The molecule has 1 aromatic heterocycles. The van der Waals surface area contributed by atoms with Crippen LogP contribution >= 0.6 is 0 Å². The smallest absolute Gasteiger partial charge is 0.270 e. The number of pyridine rings is 1. The van der Waals surface area contributed by atoms with Crippen LogP contribution in [0.4, 0.5) is 8.78 Å². The van der Waals surface area contributed by atoms with Gasteiger partial charge >= 0.3 is 0 Å². The molecule has 0 bridgehead atoms. The molecular formula is C31H33F2N3. The maximum atomic E-state index is 14.4. The van der Waals surface area contributed by atoms with Gasteiger partial charge in [0.05, 0.1) is 11.2 Å². The van der Waals surface area contributed by atoms with Crippen molar-refractivity contribution < 1.29 is 8.78 Å². The first-order valence-electron chi connectivity index (χ1n) is 12.4. The SMILES string of the molecule is CCc1ccc(CNCNC(Cc2ccccc2)(c2cccc(C(C)(F)F)c2)c2ccccn2)cc1. The standard InChI is InChI=1S/C31H33F2N3/c1-3-24-15-17-26(18-16-24)22-34-23-36-31(29-14-7-8-19-35-29,21-25-10-5-4-6-11-25)28-13-9-12-27(20-28)30(2,32)33/h4-20,34,36H,3,21-23H2,1-2H3. The quantitative estimate of drug-likeness (QED) is 0.186. The Bertz CT molecular complexity index is 1220. The average molecular weight is 486 g/mol. The lowest BCUT2D eigenvalue weighted by atomic mass is 9.79. The predicted octanol–water partition coefficient (Wildman–Crippen LogP) is 6.58. The first kappa shape index (κ1) is 25.7. The Labute approximate surface area is 212 Å². The summed E-state index contributed by atoms with van der Waals surface area (Å²) in [5.41, 5.74) is 4.27. The molecule has 0 amide bonds. The van der Waals surface area contributed by atoms with E-state index in [9.17, 15) is 8.78 Å². The molecule has 0 spiro atoms. The van der Waals surface area contributed by atoms with Crippen LogP contribution in [0.5, 0.6) is 0 Å². The van der Waals surface area contributed by atoms with Crippen molar-refractivity contribution in [1.29, 1.82) is 0 Å². The van der Waals surface area contributed by atoms with Gasteiger partial charge in [0.25, 0.3) is 5.92 Å². The zero-order chi connectivity index (χ0) is 25.4. The van der Waals surface area contributed by atoms with Gasteiger partial charge in [0.1, 0.15) is 0 Å². The topological polar surface area (TPSA) is 37.0 Å². The minimum absolute atomic E-state index is 0.0147. The number of aryl methyl sites for hydroxylation is 1. The second-order valence-electron chi connectivity index (χ2n) is 9.20. The zero-order valence-electron chi connectivity index (χ0n) is 20.8. The molecule has 4 rings (SSSR count). The number of aromatic nitrogens is 1. The number of benzene rings is 3. The average Bonchev–Trinajstić information content (AvgIpc) is 2.91. The van der Waals surface area contributed by atoms with Crippen LogP contribution in [0.1, 0.15) is 47.4 Å². The third-order valence-corrected chi connectivity index (χ3v) is 6.55. The Hall–Kier alpha value is -3.41. The second kappa shape index (κ2) is 11.5. The van der Waals surface area contributed by atoms with E-state index in [4.69, 9.17) is 4.98 Å². The Kier molecular flexibility index (Phi) is 8.24. The Balaban J connectivity index is 1.69. The fourth-order valence-corrected chi connectivity index (χ4v) is 4.48. The molecule has 1 atom stereocenters. The first-order valence-corrected chi connectivity index (χ1v) is 12.4. The highest BCUT2D eigenvalue weighted by Crippen LogP contribution is 2.36. The molecule has 0 saturated carbocycles. The summed E-state index contributed by atoms with van der Waals surface area (Å²) in [4.78, 5) is 4.69. The summed E-state index contributed by atoms with van der Waals surface area (Å²) in [5.74, 6) is -2.94. The number of nitrogens with zero attached hydrogens (tertiary/aromatic N) is 1. The number of alkyl halides is 2. The number of rotatable bonds is 11. The molecule has 3 aromatic carbocycles. The fraction of sp³-hybridized carbons (Fsp3) is 0.258. The van der Waals surface area contributed by atoms with Crippen LogP contribution in [0, 0.1) is 0 Å². The van der Waals surface area contributed by atoms with Crippen molar-refractivity contribution >= 4 is 0 Å². The maximum absolute atomic E-state index is 14.4. The normalized spacial score (nSPS) is 13.3. The van der Waals surface area contributed by atoms with Crippen molar-refractivity contribution in [3.8, 4) is 0 Å². The molecule has 2 N–H and O–H groups in total. The third-order valence-electron chi connectivity index (χ3n) is 6.55. The van der Waals surface area contributed by atoms with E-state index in [0.29, 0.717) is 19.6 Å². The molecule has 1 unspecified atom stereocenters. The van der Waals surface area contributed by atoms with E-state index in [1.54, 1.807) is 18.3 Å². The van der Waals surface area contributed by atoms with Gasteiger partial charge in [-0.25, -0.2) is 8.78 Å². The largest absolute Gasteiger partial charge is 0.300 e. The van der Waals surface area contributed by atoms with Crippen molar-refractivity contribution in [1.82, 2.24) is 15.6 Å². The van der Waals surface area contributed by atoms with Crippen LogP contribution in [0.2, 0.25) is 0 Å². The summed E-state index contributed by atoms with van der Waals surface area (Å²) >= 11 is 0. The zero-order valence-corrected chi connectivity index (χ0v) is 20.8. The third kappa shape index (κ3) is 6.23. The molecule has 5 heteroatoms. The molecule has 0 aliphatic heterocycles. The van der Waals surface area contributed by atoms with E-state index in [2.05, 4.69) is 54.0 Å². The summed E-state index contributed by atoms with van der Waals surface area (Å²) in [6, 6.07) is 31.1. The van der Waals surface area contributed by atoms with Crippen molar-refractivity contribution in [3.63, 3.8) is 0 Å². The van der Waals surface area contributed by atoms with Crippen molar-refractivity contribution in [3.05, 3.63) is 137 Å². The molecule has 1 heterocycles. The van der Waals surface area contributed by atoms with Gasteiger partial charge in [-0.3, -0.25) is 10.3 Å². The van der Waals surface area contributed by atoms with Gasteiger partial charge in [0.15, 0.2) is 0 Å². The molecule has 186 valence electrons. The van der Waals surface area contributed by atoms with E-state index in [-0.39, 0.29) is 5.56 Å². The number of nitrogens with one attached hydrogen (secondary N) is 2. The lowest BCUT2D eigenvalue weighted by Crippen LogP contribution is -2.49. The van der Waals surface area contributed by atoms with Gasteiger partial charge in [-0.15, -0.1) is 0 Å². The monoisotopic (exact) mass is 485 g/mol. The molecule has 0 aliphatic rings. The van der Waals surface area contributed by atoms with Gasteiger partial charge in [-0.2, -0.15) is 0 Å². The fourth-order valence-electron chi connectivity index (χ4n) is 4.48. The van der Waals surface area contributed by atoms with Gasteiger partial charge in [-0.1, -0.05) is 85.8 Å². The van der Waals surface area contributed by atoms with E-state index >= 15 is 0 Å². The van der Waals surface area contributed by atoms with Gasteiger partial charge in [-0.05, 0) is 46.9 Å². The van der Waals surface area contributed by atoms with E-state index in [1.165, 1.54) is 17.2 Å². The summed E-state index contributed by atoms with van der Waals surface area (Å²) in [7, 11) is 0. The number of halogens is 2. The molecule has 0 aliphatic carbocycles. The molecule has 0 saturated heterocycles. The highest BCUT2D eigenvalue weighted by molar-refractivity contribution is 5.41. The van der Waals surface area contributed by atoms with Crippen LogP contribution in [0.15, 0.2) is 103 Å². The summed E-state index contributed by atoms with van der Waals surface area (Å²) in [5, 5.41) is 7.14. The van der Waals surface area contributed by atoms with Gasteiger partial charge in [0.2, 0.25) is 0 Å². The van der Waals surface area contributed by atoms with Crippen LogP contribution in [0.3, 0.4) is 0 Å². The van der Waals surface area contributed by atoms with E-state index < -0.39 is 11.5 Å². The molecule has 0 radical (unpaired) electrons. The number of hydrogen-bond donors (Lipinski definition) is 2. The highest BCUT2D eigenvalue weighted by atomic mass is 19.3. The second-order valence-corrected chi connectivity index (χ2v) is 9.20. The lowest BCUT2D eigenvalue weighted by Gasteiger charge is -2.36. The van der Waals surface area contributed by atoms with Crippen molar-refractivity contribution in [2.75, 3.05) is 6.67 Å². The Morgan fingerprint density at radius 2 is 1.44 bits per heavy atom. The predicted molar refractivity (Wildman–Crippen MR) is 142 cm³/mol. The Morgan fingerprint density at radius 1 is 0.750 bits per heavy atom. The molecule has 4 aromatic rings. The maximum Gasteiger partial charge on any atom is 0.270 e. The molecular weight excluding hydrogens is 452 g/mol. The van der Waals surface area contributed by atoms with Crippen LogP contribution in [-0.2, 0) is 30.8 Å². The van der Waals surface area contributed by atoms with E-state index in [1.807, 2.05) is 42.5 Å². The Morgan fingerprint density at radius 3 is 2.11 bits per heavy atom. The summed E-state index contributed by atoms with van der Waals surface area (Å²) in [6.07, 6.45) is 3.31. The number of hydrogen-bond acceptors (Lipinski definition) is 3. The van der Waals surface area contributed by atoms with E-state index in [0.717, 1.165) is 30.2 Å². The molecule has 36 heavy (non-hydrogen) atoms. The van der Waals surface area contributed by atoms with Crippen molar-refractivity contribution in [2.45, 2.75) is 44.7 Å². The molecule has 3 nitrogen and oxygen atoms in total. The highest BCUT2D eigenvalue weighted by Gasteiger charge is 2.37. The van der Waals surface area contributed by atoms with Gasteiger partial charge in [0, 0.05) is 38.3 Å². The van der Waals surface area contributed by atoms with Crippen LogP contribution in [0.25, 0.3) is 0 Å². The summed E-state index contributed by atoms with van der Waals surface area (Å²) < 4.78 is 28.7. The van der Waals surface area contributed by atoms with Crippen molar-refractivity contribution in [2.24, 2.45) is 0 Å². The lowest BCUT2D eigenvalue weighted by molar-refractivity contribution is 0.0173.